The smallest absolute Gasteiger partial charge is 0.321 e. The van der Waals surface area contributed by atoms with Crippen molar-refractivity contribution < 1.29 is 22.7 Å². The summed E-state index contributed by atoms with van der Waals surface area (Å²) in [6.45, 7) is 6.46. The van der Waals surface area contributed by atoms with Crippen LogP contribution in [0.1, 0.15) is 36.7 Å². The molecular formula is C20H24N2O5S. The van der Waals surface area contributed by atoms with Crippen molar-refractivity contribution in [2.45, 2.75) is 38.2 Å². The average Bonchev–Trinajstić information content (AvgIpc) is 2.59. The summed E-state index contributed by atoms with van der Waals surface area (Å²) in [5.74, 6) is -0.949. The number of esters is 1. The van der Waals surface area contributed by atoms with E-state index >= 15 is 0 Å². The lowest BCUT2D eigenvalue weighted by Crippen LogP contribution is -2.34. The Labute approximate surface area is 165 Å². The highest BCUT2D eigenvalue weighted by atomic mass is 32.2. The molecule has 0 radical (unpaired) electrons. The summed E-state index contributed by atoms with van der Waals surface area (Å²) in [6.07, 6.45) is 0. The van der Waals surface area contributed by atoms with Gasteiger partial charge in [-0.15, -0.1) is 0 Å². The SMILES string of the molecule is Cc1ccccc1C(=O)Nc1ccc(S(=O)(=O)NCC(=O)OC(C)(C)C)cc1. The summed E-state index contributed by atoms with van der Waals surface area (Å²) in [5, 5.41) is 2.73. The van der Waals surface area contributed by atoms with Gasteiger partial charge in [-0.3, -0.25) is 9.59 Å². The van der Waals surface area contributed by atoms with E-state index in [-0.39, 0.29) is 10.8 Å². The van der Waals surface area contributed by atoms with E-state index in [0.29, 0.717) is 11.3 Å². The van der Waals surface area contributed by atoms with Gasteiger partial charge in [0.15, 0.2) is 0 Å². The van der Waals surface area contributed by atoms with Gasteiger partial charge < -0.3 is 10.1 Å². The largest absolute Gasteiger partial charge is 0.459 e. The summed E-state index contributed by atoms with van der Waals surface area (Å²) in [6, 6.07) is 12.8. The number of ether oxygens (including phenoxy) is 1. The van der Waals surface area contributed by atoms with Crippen molar-refractivity contribution >= 4 is 27.6 Å². The fourth-order valence-electron chi connectivity index (χ4n) is 2.36. The maximum Gasteiger partial charge on any atom is 0.321 e. The third-order valence-electron chi connectivity index (χ3n) is 3.64. The van der Waals surface area contributed by atoms with Crippen LogP contribution in [0.3, 0.4) is 0 Å². The molecule has 7 nitrogen and oxygen atoms in total. The van der Waals surface area contributed by atoms with Crippen molar-refractivity contribution in [3.63, 3.8) is 0 Å². The summed E-state index contributed by atoms with van der Waals surface area (Å²) in [5.41, 5.74) is 1.14. The van der Waals surface area contributed by atoms with E-state index in [2.05, 4.69) is 10.0 Å². The van der Waals surface area contributed by atoms with Crippen molar-refractivity contribution in [3.8, 4) is 0 Å². The number of anilines is 1. The third-order valence-corrected chi connectivity index (χ3v) is 5.06. The molecule has 2 N–H and O–H groups in total. The Balaban J connectivity index is 2.02. The second kappa shape index (κ2) is 8.53. The van der Waals surface area contributed by atoms with Crippen LogP contribution in [0, 0.1) is 6.92 Å². The van der Waals surface area contributed by atoms with Gasteiger partial charge in [0.2, 0.25) is 10.0 Å². The lowest BCUT2D eigenvalue weighted by Gasteiger charge is -2.19. The summed E-state index contributed by atoms with van der Waals surface area (Å²) >= 11 is 0. The molecule has 0 spiro atoms. The van der Waals surface area contributed by atoms with Crippen molar-refractivity contribution in [2.75, 3.05) is 11.9 Å². The van der Waals surface area contributed by atoms with Gasteiger partial charge in [0.1, 0.15) is 12.1 Å². The molecule has 150 valence electrons. The first kappa shape index (κ1) is 21.6. The van der Waals surface area contributed by atoms with E-state index in [1.165, 1.54) is 24.3 Å². The van der Waals surface area contributed by atoms with Gasteiger partial charge in [-0.1, -0.05) is 18.2 Å². The van der Waals surface area contributed by atoms with Gasteiger partial charge in [-0.2, -0.15) is 4.72 Å². The molecule has 0 aliphatic carbocycles. The first-order valence-electron chi connectivity index (χ1n) is 8.66. The fraction of sp³-hybridized carbons (Fsp3) is 0.300. The molecule has 0 heterocycles. The molecule has 2 aromatic carbocycles. The third kappa shape index (κ3) is 6.17. The molecule has 28 heavy (non-hydrogen) atoms. The maximum atomic E-state index is 12.3. The Hall–Kier alpha value is -2.71. The van der Waals surface area contributed by atoms with Crippen LogP contribution in [-0.2, 0) is 19.6 Å². The molecule has 0 fully saturated rings. The van der Waals surface area contributed by atoms with E-state index in [1.807, 2.05) is 19.1 Å². The first-order chi connectivity index (χ1) is 13.0. The monoisotopic (exact) mass is 404 g/mol. The topological polar surface area (TPSA) is 102 Å². The van der Waals surface area contributed by atoms with Crippen LogP contribution in [0.5, 0.6) is 0 Å². The molecule has 0 aliphatic heterocycles. The van der Waals surface area contributed by atoms with Gasteiger partial charge >= 0.3 is 5.97 Å². The Bertz CT molecular complexity index is 961. The summed E-state index contributed by atoms with van der Waals surface area (Å²) in [7, 11) is -3.88. The van der Waals surface area contributed by atoms with Gasteiger partial charge in [0, 0.05) is 11.3 Å². The minimum atomic E-state index is -3.88. The highest BCUT2D eigenvalue weighted by Gasteiger charge is 2.20. The van der Waals surface area contributed by atoms with Crippen molar-refractivity contribution in [1.29, 1.82) is 0 Å². The zero-order valence-corrected chi connectivity index (χ0v) is 17.1. The number of carbonyl (C=O) groups is 2. The van der Waals surface area contributed by atoms with E-state index < -0.39 is 28.1 Å². The zero-order chi connectivity index (χ0) is 20.9. The highest BCUT2D eigenvalue weighted by Crippen LogP contribution is 2.16. The number of hydrogen-bond donors (Lipinski definition) is 2. The zero-order valence-electron chi connectivity index (χ0n) is 16.3. The Morgan fingerprint density at radius 1 is 1.00 bits per heavy atom. The average molecular weight is 404 g/mol. The first-order valence-corrected chi connectivity index (χ1v) is 10.1. The van der Waals surface area contributed by atoms with Crippen LogP contribution in [0.25, 0.3) is 0 Å². The number of hydrogen-bond acceptors (Lipinski definition) is 5. The molecule has 2 rings (SSSR count). The Morgan fingerprint density at radius 2 is 1.61 bits per heavy atom. The normalized spacial score (nSPS) is 11.7. The lowest BCUT2D eigenvalue weighted by molar-refractivity contribution is -0.153. The Morgan fingerprint density at radius 3 is 2.18 bits per heavy atom. The Kier molecular flexibility index (Phi) is 6.58. The number of sulfonamides is 1. The van der Waals surface area contributed by atoms with E-state index in [4.69, 9.17) is 4.74 Å². The minimum Gasteiger partial charge on any atom is -0.459 e. The number of aryl methyl sites for hydroxylation is 1. The molecule has 8 heteroatoms. The maximum absolute atomic E-state index is 12.3. The van der Waals surface area contributed by atoms with Gasteiger partial charge in [-0.25, -0.2) is 8.42 Å². The number of benzene rings is 2. The summed E-state index contributed by atoms with van der Waals surface area (Å²) in [4.78, 5) is 24.0. The van der Waals surface area contributed by atoms with Crippen molar-refractivity contribution in [2.24, 2.45) is 0 Å². The van der Waals surface area contributed by atoms with Crippen molar-refractivity contribution in [3.05, 3.63) is 59.7 Å². The molecule has 0 atom stereocenters. The van der Waals surface area contributed by atoms with Gasteiger partial charge in [0.05, 0.1) is 4.90 Å². The molecule has 0 saturated heterocycles. The van der Waals surface area contributed by atoms with Crippen LogP contribution in [0.15, 0.2) is 53.4 Å². The lowest BCUT2D eigenvalue weighted by atomic mass is 10.1. The minimum absolute atomic E-state index is 0.0232. The molecule has 0 aliphatic rings. The van der Waals surface area contributed by atoms with Crippen LogP contribution in [0.2, 0.25) is 0 Å². The number of carbonyl (C=O) groups excluding carboxylic acids is 2. The van der Waals surface area contributed by atoms with Crippen LogP contribution in [0.4, 0.5) is 5.69 Å². The van der Waals surface area contributed by atoms with E-state index in [1.54, 1.807) is 32.9 Å². The molecule has 1 amide bonds. The van der Waals surface area contributed by atoms with Crippen LogP contribution >= 0.6 is 0 Å². The predicted molar refractivity (Wildman–Crippen MR) is 107 cm³/mol. The fourth-order valence-corrected chi connectivity index (χ4v) is 3.33. The number of nitrogens with one attached hydrogen (secondary N) is 2. The van der Waals surface area contributed by atoms with Crippen LogP contribution < -0.4 is 10.0 Å². The number of rotatable bonds is 6. The molecule has 0 aromatic heterocycles. The second-order valence-corrected chi connectivity index (χ2v) is 8.97. The molecule has 2 aromatic rings. The van der Waals surface area contributed by atoms with Gasteiger partial charge in [0.25, 0.3) is 5.91 Å². The van der Waals surface area contributed by atoms with Crippen LogP contribution in [-0.4, -0.2) is 32.4 Å². The second-order valence-electron chi connectivity index (χ2n) is 7.20. The molecule has 0 saturated carbocycles. The van der Waals surface area contributed by atoms with E-state index in [0.717, 1.165) is 5.56 Å². The van der Waals surface area contributed by atoms with Crippen molar-refractivity contribution in [1.82, 2.24) is 4.72 Å². The molecule has 0 unspecified atom stereocenters. The van der Waals surface area contributed by atoms with Gasteiger partial charge in [-0.05, 0) is 63.6 Å². The standard InChI is InChI=1S/C20H24N2O5S/c1-14-7-5-6-8-17(14)19(24)22-15-9-11-16(12-10-15)28(25,26)21-13-18(23)27-20(2,3)4/h5-12,21H,13H2,1-4H3,(H,22,24). The molecule has 0 bridgehead atoms. The molecular weight excluding hydrogens is 380 g/mol. The predicted octanol–water partition coefficient (Wildman–Crippen LogP) is 2.87. The summed E-state index contributed by atoms with van der Waals surface area (Å²) < 4.78 is 31.9. The quantitative estimate of drug-likeness (QED) is 0.721. The highest BCUT2D eigenvalue weighted by molar-refractivity contribution is 7.89. The van der Waals surface area contributed by atoms with E-state index in [9.17, 15) is 18.0 Å². The number of amides is 1.